The largest absolute Gasteiger partial charge is 0.457 e. The average molecular weight is 865 g/mol. The van der Waals surface area contributed by atoms with Crippen LogP contribution in [0.25, 0.3) is 22.3 Å². The summed E-state index contributed by atoms with van der Waals surface area (Å²) >= 11 is 0. The van der Waals surface area contributed by atoms with Crippen molar-refractivity contribution in [1.29, 1.82) is 0 Å². The Morgan fingerprint density at radius 2 is 1.53 bits per heavy atom. The van der Waals surface area contributed by atoms with E-state index in [0.29, 0.717) is 59.5 Å². The van der Waals surface area contributed by atoms with Crippen LogP contribution >= 0.6 is 0 Å². The third kappa shape index (κ3) is 8.47. The number of nitrogens with two attached hydrogens (primary N) is 1. The number of benzene rings is 3. The van der Waals surface area contributed by atoms with Gasteiger partial charge in [0.1, 0.15) is 35.4 Å². The van der Waals surface area contributed by atoms with Gasteiger partial charge in [-0.15, -0.1) is 0 Å². The van der Waals surface area contributed by atoms with Crippen molar-refractivity contribution in [3.63, 3.8) is 0 Å². The van der Waals surface area contributed by atoms with Crippen LogP contribution in [-0.4, -0.2) is 104 Å². The molecule has 64 heavy (non-hydrogen) atoms. The lowest BCUT2D eigenvalue weighted by Crippen LogP contribution is -2.52. The monoisotopic (exact) mass is 864 g/mol. The van der Waals surface area contributed by atoms with Crippen molar-refractivity contribution >= 4 is 46.3 Å². The number of amides is 5. The number of hydrogen-bond donors (Lipinski definition) is 2. The van der Waals surface area contributed by atoms with Crippen LogP contribution in [0.2, 0.25) is 0 Å². The first-order valence-electron chi connectivity index (χ1n) is 23.1. The van der Waals surface area contributed by atoms with Gasteiger partial charge in [-0.3, -0.25) is 19.7 Å². The summed E-state index contributed by atoms with van der Waals surface area (Å²) in [5.41, 5.74) is 11.5. The minimum absolute atomic E-state index is 0.0368. The normalized spacial score (nSPS) is 21.1. The number of nitrogens with zero attached hydrogens (tertiary/aromatic N) is 8. The van der Waals surface area contributed by atoms with Crippen LogP contribution in [0.4, 0.5) is 16.3 Å². The fourth-order valence-corrected chi connectivity index (χ4v) is 10.6. The zero-order valence-electron chi connectivity index (χ0n) is 36.2. The van der Waals surface area contributed by atoms with E-state index in [9.17, 15) is 19.2 Å². The highest BCUT2D eigenvalue weighted by atomic mass is 16.5. The van der Waals surface area contributed by atoms with Crippen molar-refractivity contribution in [3.8, 4) is 22.8 Å². The molecule has 5 aliphatic rings. The molecule has 0 spiro atoms. The van der Waals surface area contributed by atoms with Crippen molar-refractivity contribution in [2.24, 2.45) is 11.8 Å². The molecular formula is C49H56N10O5. The molecule has 5 aliphatic heterocycles. The molecule has 0 aliphatic carbocycles. The summed E-state index contributed by atoms with van der Waals surface area (Å²) in [5, 5.41) is 8.20. The van der Waals surface area contributed by atoms with Crippen molar-refractivity contribution in [1.82, 2.24) is 39.8 Å². The topological polar surface area (TPSA) is 172 Å². The van der Waals surface area contributed by atoms with Gasteiger partial charge in [-0.25, -0.2) is 19.4 Å². The lowest BCUT2D eigenvalue weighted by atomic mass is 9.86. The maximum Gasteiger partial charge on any atom is 0.320 e. The van der Waals surface area contributed by atoms with Crippen molar-refractivity contribution in [3.05, 3.63) is 90.3 Å². The predicted octanol–water partition coefficient (Wildman–Crippen LogP) is 7.18. The molecule has 4 saturated heterocycles. The van der Waals surface area contributed by atoms with Crippen LogP contribution < -0.4 is 20.7 Å². The van der Waals surface area contributed by atoms with Gasteiger partial charge in [-0.05, 0) is 117 Å². The van der Waals surface area contributed by atoms with Crippen molar-refractivity contribution in [2.75, 3.05) is 49.9 Å². The second-order valence-corrected chi connectivity index (χ2v) is 18.2. The molecule has 1 unspecified atom stereocenters. The van der Waals surface area contributed by atoms with E-state index in [4.69, 9.17) is 15.6 Å². The Kier molecular flexibility index (Phi) is 11.6. The number of nitrogen functional groups attached to an aromatic ring is 1. The molecule has 2 atom stereocenters. The third-order valence-electron chi connectivity index (χ3n) is 14.2. The van der Waals surface area contributed by atoms with Crippen LogP contribution in [0.15, 0.2) is 79.1 Å². The van der Waals surface area contributed by atoms with Gasteiger partial charge in [-0.2, -0.15) is 5.10 Å². The zero-order valence-corrected chi connectivity index (χ0v) is 36.2. The number of ether oxygens (including phenoxy) is 1. The zero-order chi connectivity index (χ0) is 43.7. The molecule has 2 aromatic heterocycles. The second kappa shape index (κ2) is 17.9. The first kappa shape index (κ1) is 41.5. The van der Waals surface area contributed by atoms with Crippen LogP contribution in [0, 0.1) is 11.8 Å². The van der Waals surface area contributed by atoms with Crippen LogP contribution in [0.5, 0.6) is 11.5 Å². The van der Waals surface area contributed by atoms with Crippen LogP contribution in [0.3, 0.4) is 0 Å². The van der Waals surface area contributed by atoms with Crippen LogP contribution in [-0.2, 0) is 16.1 Å². The van der Waals surface area contributed by atoms with E-state index in [0.717, 1.165) is 99.6 Å². The van der Waals surface area contributed by atoms with Crippen molar-refractivity contribution < 1.29 is 23.9 Å². The Morgan fingerprint density at radius 1 is 0.797 bits per heavy atom. The number of fused-ring (bicyclic) bond motifs is 2. The van der Waals surface area contributed by atoms with Gasteiger partial charge in [0.2, 0.25) is 11.8 Å². The number of aromatic nitrogens is 4. The molecule has 332 valence electrons. The lowest BCUT2D eigenvalue weighted by molar-refractivity contribution is -0.136. The number of hydrogen-bond acceptors (Lipinski definition) is 10. The molecule has 15 nitrogen and oxygen atoms in total. The number of piperidine rings is 4. The van der Waals surface area contributed by atoms with Gasteiger partial charge in [0.05, 0.1) is 11.4 Å². The molecular weight excluding hydrogens is 809 g/mol. The molecule has 0 radical (unpaired) electrons. The predicted molar refractivity (Wildman–Crippen MR) is 242 cm³/mol. The summed E-state index contributed by atoms with van der Waals surface area (Å²) in [6.45, 7) is 5.27. The van der Waals surface area contributed by atoms with E-state index in [1.54, 1.807) is 4.90 Å². The Morgan fingerprint density at radius 3 is 2.28 bits per heavy atom. The van der Waals surface area contributed by atoms with Crippen LogP contribution in [0.1, 0.15) is 92.6 Å². The molecule has 0 bridgehead atoms. The average Bonchev–Trinajstić information content (AvgIpc) is 3.88. The fourth-order valence-electron chi connectivity index (χ4n) is 10.6. The maximum absolute atomic E-state index is 14.0. The maximum atomic E-state index is 14.0. The minimum Gasteiger partial charge on any atom is -0.457 e. The van der Waals surface area contributed by atoms with E-state index in [-0.39, 0.29) is 36.2 Å². The second-order valence-electron chi connectivity index (χ2n) is 18.2. The summed E-state index contributed by atoms with van der Waals surface area (Å²) in [5.74, 6) is 2.43. The molecule has 7 heterocycles. The summed E-state index contributed by atoms with van der Waals surface area (Å²) in [7, 11) is 0. The number of anilines is 2. The smallest absolute Gasteiger partial charge is 0.320 e. The molecule has 5 amide bonds. The Labute approximate surface area is 372 Å². The summed E-state index contributed by atoms with van der Waals surface area (Å²) in [6, 6.07) is 23.0. The van der Waals surface area contributed by atoms with Gasteiger partial charge < -0.3 is 30.1 Å². The third-order valence-corrected chi connectivity index (χ3v) is 14.2. The highest BCUT2D eigenvalue weighted by molar-refractivity contribution is 6.05. The highest BCUT2D eigenvalue weighted by Crippen LogP contribution is 2.37. The Balaban J connectivity index is 0.682. The fraction of sp³-hybridized carbons (Fsp3) is 0.449. The summed E-state index contributed by atoms with van der Waals surface area (Å²) in [4.78, 5) is 68.3. The summed E-state index contributed by atoms with van der Waals surface area (Å²) in [6.07, 6.45) is 11.9. The Bertz CT molecular complexity index is 2530. The number of para-hydroxylation sites is 1. The van der Waals surface area contributed by atoms with E-state index in [1.165, 1.54) is 25.6 Å². The van der Waals surface area contributed by atoms with Gasteiger partial charge in [0, 0.05) is 69.0 Å². The minimum atomic E-state index is -0.596. The van der Waals surface area contributed by atoms with Crippen molar-refractivity contribution in [2.45, 2.75) is 89.3 Å². The highest BCUT2D eigenvalue weighted by Gasteiger charge is 2.39. The number of carbonyl (C=O) groups is 4. The first-order valence-corrected chi connectivity index (χ1v) is 23.1. The number of carbonyl (C=O) groups excluding carboxylic acids is 4. The first-order chi connectivity index (χ1) is 31.3. The Hall–Kier alpha value is -6.51. The number of rotatable bonds is 10. The molecule has 15 heteroatoms. The molecule has 3 N–H and O–H groups in total. The SMILES string of the molecule is Nc1ncnc2c1c(-c1ccc(Oc3ccccc3)cc1)nn2[C@@H]1CCCN(C(=O)N2CCC(CCCC3CCN(c4ccc5c(c4)CN(C4CCC(=O)NC4=O)C5=O)CC3)CC2)C1. The standard InChI is InChI=1S/C49H56N10O5/c50-45-43-44(34-11-14-39(15-12-34)64-38-9-2-1-3-10-38)54-59(46(43)52-31-51-45)37-8-5-23-57(30-37)49(63)56-26-21-33(22-27-56)7-4-6-32-19-24-55(25-20-32)36-13-16-40-35(28-36)29-58(48(40)62)41-17-18-42(60)53-47(41)61/h1-3,9-16,28,31-33,37,41H,4-8,17-27,29-30H2,(H2,50,51,52)(H,53,60,61)/t37-,41?/m1/s1. The lowest BCUT2D eigenvalue weighted by Gasteiger charge is -2.39. The van der Waals surface area contributed by atoms with Gasteiger partial charge >= 0.3 is 6.03 Å². The molecule has 3 aromatic carbocycles. The van der Waals surface area contributed by atoms with Gasteiger partial charge in [-0.1, -0.05) is 37.5 Å². The number of urea groups is 1. The molecule has 0 saturated carbocycles. The molecule has 4 fully saturated rings. The van der Waals surface area contributed by atoms with E-state index < -0.39 is 6.04 Å². The van der Waals surface area contributed by atoms with Gasteiger partial charge in [0.25, 0.3) is 5.91 Å². The number of nitrogens with one attached hydrogen (secondary N) is 1. The summed E-state index contributed by atoms with van der Waals surface area (Å²) < 4.78 is 7.98. The number of likely N-dealkylation sites (tertiary alicyclic amines) is 2. The molecule has 10 rings (SSSR count). The number of imide groups is 1. The van der Waals surface area contributed by atoms with E-state index >= 15 is 0 Å². The van der Waals surface area contributed by atoms with E-state index in [1.807, 2.05) is 76.3 Å². The van der Waals surface area contributed by atoms with E-state index in [2.05, 4.69) is 31.2 Å². The molecule has 5 aromatic rings. The quantitative estimate of drug-likeness (QED) is 0.137. The van der Waals surface area contributed by atoms with Gasteiger partial charge in [0.15, 0.2) is 5.65 Å².